The molecule has 0 N–H and O–H groups in total. The summed E-state index contributed by atoms with van der Waals surface area (Å²) in [4.78, 5) is 0. The van der Waals surface area contributed by atoms with Gasteiger partial charge in [-0.3, -0.25) is 0 Å². The van der Waals surface area contributed by atoms with E-state index in [-0.39, 0.29) is 0 Å². The van der Waals surface area contributed by atoms with Gasteiger partial charge < -0.3 is 8.23 Å². The van der Waals surface area contributed by atoms with Crippen LogP contribution in [0.4, 0.5) is 0 Å². The highest BCUT2D eigenvalue weighted by Crippen LogP contribution is 2.26. The summed E-state index contributed by atoms with van der Waals surface area (Å²) >= 11 is 0. The Hall–Kier alpha value is 0.571. The molecule has 0 heterocycles. The van der Waals surface area contributed by atoms with Crippen molar-refractivity contribution in [3.8, 4) is 0 Å². The van der Waals surface area contributed by atoms with Crippen molar-refractivity contribution in [2.45, 2.75) is 65.1 Å². The summed E-state index contributed by atoms with van der Waals surface area (Å²) in [6.07, 6.45) is 0. The van der Waals surface area contributed by atoms with Crippen LogP contribution in [0.15, 0.2) is 0 Å². The third-order valence-electron chi connectivity index (χ3n) is 2.91. The summed E-state index contributed by atoms with van der Waals surface area (Å²) in [7, 11) is -4.26. The molecule has 0 fully saturated rings. The minimum atomic E-state index is -1.84. The van der Waals surface area contributed by atoms with E-state index >= 15 is 0 Å². The first kappa shape index (κ1) is 15.6. The van der Waals surface area contributed by atoms with Crippen LogP contribution in [0.1, 0.15) is 20.8 Å². The van der Waals surface area contributed by atoms with Crippen molar-refractivity contribution in [1.29, 1.82) is 0 Å². The number of rotatable bonds is 7. The second kappa shape index (κ2) is 6.34. The van der Waals surface area contributed by atoms with Crippen LogP contribution in [0.5, 0.6) is 0 Å². The lowest BCUT2D eigenvalue weighted by Crippen LogP contribution is -2.50. The molecule has 2 nitrogen and oxygen atoms in total. The molecule has 0 spiro atoms. The van der Waals surface area contributed by atoms with E-state index in [1.165, 1.54) is 18.1 Å². The minimum Gasteiger partial charge on any atom is -0.440 e. The predicted molar refractivity (Wildman–Crippen MR) is 75.7 cm³/mol. The molecule has 92 valence electrons. The molecule has 0 atom stereocenters. The lowest BCUT2D eigenvalue weighted by molar-refractivity contribution is 0.395. The molecular formula is C10H28O2Si3. The van der Waals surface area contributed by atoms with Crippen LogP contribution in [0.2, 0.25) is 44.3 Å². The first-order valence-corrected chi connectivity index (χ1v) is 14.3. The Morgan fingerprint density at radius 1 is 0.933 bits per heavy atom. The van der Waals surface area contributed by atoms with E-state index in [1.807, 2.05) is 0 Å². The Balaban J connectivity index is 4.51. The molecule has 0 aromatic carbocycles. The number of hydrogen-bond donors (Lipinski definition) is 0. The summed E-state index contributed by atoms with van der Waals surface area (Å²) in [5.41, 5.74) is 0. The van der Waals surface area contributed by atoms with Crippen LogP contribution in [0.3, 0.4) is 0 Å². The molecule has 15 heavy (non-hydrogen) atoms. The molecule has 0 aromatic heterocycles. The topological polar surface area (TPSA) is 18.5 Å². The average Bonchev–Trinajstić information content (AvgIpc) is 2.12. The zero-order valence-electron chi connectivity index (χ0n) is 11.5. The molecule has 0 radical (unpaired) electrons. The number of hydrogen-bond acceptors (Lipinski definition) is 2. The second-order valence-electron chi connectivity index (χ2n) is 4.91. The lowest BCUT2D eigenvalue weighted by Gasteiger charge is -2.37. The summed E-state index contributed by atoms with van der Waals surface area (Å²) in [5.74, 6) is 0. The van der Waals surface area contributed by atoms with Gasteiger partial charge in [0.25, 0.3) is 0 Å². The summed E-state index contributed by atoms with van der Waals surface area (Å²) in [6, 6.07) is 3.67. The predicted octanol–water partition coefficient (Wildman–Crippen LogP) is 3.71. The zero-order chi connectivity index (χ0) is 12.1. The van der Waals surface area contributed by atoms with Crippen molar-refractivity contribution in [2.75, 3.05) is 0 Å². The maximum absolute atomic E-state index is 6.47. The van der Waals surface area contributed by atoms with E-state index in [2.05, 4.69) is 47.0 Å². The van der Waals surface area contributed by atoms with Crippen molar-refractivity contribution < 1.29 is 8.23 Å². The van der Waals surface area contributed by atoms with Gasteiger partial charge in [-0.05, 0) is 44.3 Å². The molecule has 0 unspecified atom stereocenters. The first-order valence-electron chi connectivity index (χ1n) is 6.18. The van der Waals surface area contributed by atoms with Crippen LogP contribution in [-0.4, -0.2) is 25.9 Å². The van der Waals surface area contributed by atoms with E-state index in [9.17, 15) is 0 Å². The minimum absolute atomic E-state index is 0.959. The highest BCUT2D eigenvalue weighted by molar-refractivity contribution is 6.85. The van der Waals surface area contributed by atoms with Crippen molar-refractivity contribution >= 4 is 25.9 Å². The fourth-order valence-electron chi connectivity index (χ4n) is 2.08. The molecule has 0 amide bonds. The third kappa shape index (κ3) is 5.44. The standard InChI is InChI=1S/C10H28O2Si3/c1-8-15(9-2,10-3)12-14(6,7)11-13(4)5/h13H,8-10H2,1-7H3. The maximum atomic E-state index is 6.47. The van der Waals surface area contributed by atoms with Crippen molar-refractivity contribution in [3.63, 3.8) is 0 Å². The molecule has 0 aliphatic rings. The molecule has 0 aliphatic heterocycles. The molecule has 0 rings (SSSR count). The molecule has 0 saturated heterocycles. The fraction of sp³-hybridized carbons (Fsp3) is 1.00. The quantitative estimate of drug-likeness (QED) is 0.653. The Bertz CT molecular complexity index is 171. The van der Waals surface area contributed by atoms with Gasteiger partial charge in [0.05, 0.1) is 0 Å². The van der Waals surface area contributed by atoms with Gasteiger partial charge in [0.1, 0.15) is 0 Å². The van der Waals surface area contributed by atoms with Gasteiger partial charge in [-0.25, -0.2) is 0 Å². The molecule has 5 heteroatoms. The third-order valence-corrected chi connectivity index (χ3v) is 14.6. The van der Waals surface area contributed by atoms with E-state index in [0.29, 0.717) is 0 Å². The first-order chi connectivity index (χ1) is 6.81. The van der Waals surface area contributed by atoms with Gasteiger partial charge >= 0.3 is 8.56 Å². The summed E-state index contributed by atoms with van der Waals surface area (Å²) < 4.78 is 12.6. The molecular weight excluding hydrogens is 236 g/mol. The van der Waals surface area contributed by atoms with Crippen LogP contribution < -0.4 is 0 Å². The highest BCUT2D eigenvalue weighted by atomic mass is 28.5. The van der Waals surface area contributed by atoms with E-state index in [1.54, 1.807) is 0 Å². The van der Waals surface area contributed by atoms with Crippen molar-refractivity contribution in [3.05, 3.63) is 0 Å². The molecule has 0 aliphatic carbocycles. The summed E-state index contributed by atoms with van der Waals surface area (Å²) in [5, 5.41) is 0. The maximum Gasteiger partial charge on any atom is 0.310 e. The monoisotopic (exact) mass is 264 g/mol. The van der Waals surface area contributed by atoms with Gasteiger partial charge in [0.15, 0.2) is 17.4 Å². The van der Waals surface area contributed by atoms with Crippen molar-refractivity contribution in [1.82, 2.24) is 0 Å². The SMILES string of the molecule is CC[Si](CC)(CC)O[Si](C)(C)O[SiH](C)C. The van der Waals surface area contributed by atoms with Gasteiger partial charge in [-0.1, -0.05) is 20.8 Å². The Morgan fingerprint density at radius 2 is 1.33 bits per heavy atom. The molecule has 0 aromatic rings. The highest BCUT2D eigenvalue weighted by Gasteiger charge is 2.38. The lowest BCUT2D eigenvalue weighted by atomic mass is 10.9. The Kier molecular flexibility index (Phi) is 6.58. The van der Waals surface area contributed by atoms with Gasteiger partial charge in [0.2, 0.25) is 0 Å². The van der Waals surface area contributed by atoms with Crippen LogP contribution in [-0.2, 0) is 8.23 Å². The summed E-state index contributed by atoms with van der Waals surface area (Å²) in [6.45, 7) is 15.7. The van der Waals surface area contributed by atoms with Crippen LogP contribution >= 0.6 is 0 Å². The van der Waals surface area contributed by atoms with Gasteiger partial charge in [0, 0.05) is 0 Å². The smallest absolute Gasteiger partial charge is 0.310 e. The van der Waals surface area contributed by atoms with Crippen molar-refractivity contribution in [2.24, 2.45) is 0 Å². The largest absolute Gasteiger partial charge is 0.440 e. The Morgan fingerprint density at radius 3 is 1.60 bits per heavy atom. The zero-order valence-corrected chi connectivity index (χ0v) is 14.7. The fourth-order valence-corrected chi connectivity index (χ4v) is 14.6. The van der Waals surface area contributed by atoms with E-state index in [0.717, 1.165) is 0 Å². The van der Waals surface area contributed by atoms with Gasteiger partial charge in [-0.2, -0.15) is 0 Å². The van der Waals surface area contributed by atoms with E-state index < -0.39 is 25.9 Å². The molecule has 0 saturated carbocycles. The van der Waals surface area contributed by atoms with Crippen LogP contribution in [0.25, 0.3) is 0 Å². The normalized spacial score (nSPS) is 13.6. The van der Waals surface area contributed by atoms with Crippen LogP contribution in [0, 0.1) is 0 Å². The van der Waals surface area contributed by atoms with Gasteiger partial charge in [-0.15, -0.1) is 0 Å². The Labute approximate surface area is 99.5 Å². The molecule has 0 bridgehead atoms. The average molecular weight is 265 g/mol. The second-order valence-corrected chi connectivity index (χ2v) is 16.1. The van der Waals surface area contributed by atoms with E-state index in [4.69, 9.17) is 8.23 Å².